The van der Waals surface area contributed by atoms with Crippen molar-refractivity contribution < 1.29 is 4.74 Å². The monoisotopic (exact) mass is 262 g/mol. The highest BCUT2D eigenvalue weighted by molar-refractivity contribution is 5.31. The molecular weight excluding hydrogens is 236 g/mol. The second kappa shape index (κ2) is 6.04. The summed E-state index contributed by atoms with van der Waals surface area (Å²) in [5.41, 5.74) is 8.76. The van der Waals surface area contributed by atoms with Crippen LogP contribution in [0.3, 0.4) is 0 Å². The molecule has 0 spiro atoms. The summed E-state index contributed by atoms with van der Waals surface area (Å²) in [5, 5.41) is 0. The molecule has 1 heterocycles. The minimum absolute atomic E-state index is 0.0513. The van der Waals surface area contributed by atoms with Crippen LogP contribution in [-0.2, 0) is 11.2 Å². The SMILES string of the molecule is CCC(C)(CN)N(C)CC1OCCc2ccccc21. The van der Waals surface area contributed by atoms with Crippen molar-refractivity contribution in [3.05, 3.63) is 35.4 Å². The highest BCUT2D eigenvalue weighted by Gasteiger charge is 2.30. The molecule has 0 saturated heterocycles. The van der Waals surface area contributed by atoms with Gasteiger partial charge in [0, 0.05) is 18.6 Å². The van der Waals surface area contributed by atoms with E-state index in [9.17, 15) is 0 Å². The van der Waals surface area contributed by atoms with Gasteiger partial charge >= 0.3 is 0 Å². The van der Waals surface area contributed by atoms with Gasteiger partial charge in [0.2, 0.25) is 0 Å². The van der Waals surface area contributed by atoms with Crippen LogP contribution in [0.4, 0.5) is 0 Å². The van der Waals surface area contributed by atoms with E-state index in [1.807, 2.05) is 0 Å². The van der Waals surface area contributed by atoms with Crippen LogP contribution < -0.4 is 5.73 Å². The van der Waals surface area contributed by atoms with Crippen LogP contribution in [0.5, 0.6) is 0 Å². The number of hydrogen-bond donors (Lipinski definition) is 1. The summed E-state index contributed by atoms with van der Waals surface area (Å²) in [5.74, 6) is 0. The summed E-state index contributed by atoms with van der Waals surface area (Å²) in [7, 11) is 2.15. The number of rotatable bonds is 5. The van der Waals surface area contributed by atoms with E-state index < -0.39 is 0 Å². The Morgan fingerprint density at radius 3 is 2.84 bits per heavy atom. The van der Waals surface area contributed by atoms with E-state index in [4.69, 9.17) is 10.5 Å². The fraction of sp³-hybridized carbons (Fsp3) is 0.625. The summed E-state index contributed by atoms with van der Waals surface area (Å²) in [6.07, 6.45) is 2.25. The average Bonchev–Trinajstić information content (AvgIpc) is 2.46. The van der Waals surface area contributed by atoms with Crippen LogP contribution in [0.15, 0.2) is 24.3 Å². The van der Waals surface area contributed by atoms with Gasteiger partial charge in [0.05, 0.1) is 12.7 Å². The van der Waals surface area contributed by atoms with Crippen molar-refractivity contribution >= 4 is 0 Å². The highest BCUT2D eigenvalue weighted by atomic mass is 16.5. The topological polar surface area (TPSA) is 38.5 Å². The second-order valence-corrected chi connectivity index (χ2v) is 5.74. The molecule has 2 rings (SSSR count). The molecule has 0 radical (unpaired) electrons. The first-order valence-electron chi connectivity index (χ1n) is 7.21. The fourth-order valence-corrected chi connectivity index (χ4v) is 2.67. The Hall–Kier alpha value is -0.900. The maximum absolute atomic E-state index is 5.98. The van der Waals surface area contributed by atoms with Crippen LogP contribution in [0.2, 0.25) is 0 Å². The summed E-state index contributed by atoms with van der Waals surface area (Å²) in [4.78, 5) is 2.35. The van der Waals surface area contributed by atoms with Gasteiger partial charge in [0.25, 0.3) is 0 Å². The molecule has 3 heteroatoms. The van der Waals surface area contributed by atoms with Crippen LogP contribution in [0.1, 0.15) is 37.5 Å². The van der Waals surface area contributed by atoms with E-state index in [0.29, 0.717) is 6.54 Å². The predicted molar refractivity (Wildman–Crippen MR) is 79.2 cm³/mol. The Labute approximate surface area is 116 Å². The standard InChI is InChI=1S/C16H26N2O/c1-4-16(2,12-17)18(3)11-15-14-8-6-5-7-13(14)9-10-19-15/h5-8,15H,4,9-12,17H2,1-3H3. The second-order valence-electron chi connectivity index (χ2n) is 5.74. The number of benzene rings is 1. The Morgan fingerprint density at radius 1 is 1.42 bits per heavy atom. The quantitative estimate of drug-likeness (QED) is 0.885. The molecule has 1 aromatic carbocycles. The molecule has 2 atom stereocenters. The molecule has 2 unspecified atom stereocenters. The lowest BCUT2D eigenvalue weighted by Gasteiger charge is -2.40. The normalized spacial score (nSPS) is 22.1. The molecule has 0 bridgehead atoms. The van der Waals surface area contributed by atoms with Crippen molar-refractivity contribution in [1.29, 1.82) is 0 Å². The zero-order valence-electron chi connectivity index (χ0n) is 12.4. The Kier molecular flexibility index (Phi) is 4.61. The molecule has 0 saturated carbocycles. The zero-order valence-corrected chi connectivity index (χ0v) is 12.4. The third kappa shape index (κ3) is 2.99. The molecule has 1 aromatic rings. The van der Waals surface area contributed by atoms with E-state index in [1.54, 1.807) is 0 Å². The third-order valence-corrected chi connectivity index (χ3v) is 4.66. The number of fused-ring (bicyclic) bond motifs is 1. The third-order valence-electron chi connectivity index (χ3n) is 4.66. The van der Waals surface area contributed by atoms with Crippen LogP contribution >= 0.6 is 0 Å². The molecular formula is C16H26N2O. The highest BCUT2D eigenvalue weighted by Crippen LogP contribution is 2.29. The zero-order chi connectivity index (χ0) is 13.9. The minimum Gasteiger partial charge on any atom is -0.372 e. The van der Waals surface area contributed by atoms with Gasteiger partial charge in [-0.1, -0.05) is 31.2 Å². The van der Waals surface area contributed by atoms with Crippen molar-refractivity contribution in [1.82, 2.24) is 4.90 Å². The lowest BCUT2D eigenvalue weighted by Crippen LogP contribution is -2.50. The predicted octanol–water partition coefficient (Wildman–Crippen LogP) is 2.36. The molecule has 19 heavy (non-hydrogen) atoms. The lowest BCUT2D eigenvalue weighted by molar-refractivity contribution is -0.00262. The van der Waals surface area contributed by atoms with E-state index in [-0.39, 0.29) is 11.6 Å². The molecule has 1 aliphatic heterocycles. The van der Waals surface area contributed by atoms with Gasteiger partial charge in [0.1, 0.15) is 0 Å². The molecule has 0 aromatic heterocycles. The van der Waals surface area contributed by atoms with Gasteiger partial charge < -0.3 is 10.5 Å². The summed E-state index contributed by atoms with van der Waals surface area (Å²) in [6.45, 7) is 6.81. The molecule has 106 valence electrons. The lowest BCUT2D eigenvalue weighted by atomic mass is 9.93. The summed E-state index contributed by atoms with van der Waals surface area (Å²) in [6, 6.07) is 8.62. The van der Waals surface area contributed by atoms with Crippen LogP contribution in [0, 0.1) is 0 Å². The van der Waals surface area contributed by atoms with E-state index in [0.717, 1.165) is 26.0 Å². The van der Waals surface area contributed by atoms with Gasteiger partial charge in [-0.05, 0) is 37.9 Å². The summed E-state index contributed by atoms with van der Waals surface area (Å²) < 4.78 is 5.98. The molecule has 1 aliphatic rings. The van der Waals surface area contributed by atoms with Gasteiger partial charge in [-0.15, -0.1) is 0 Å². The first-order valence-corrected chi connectivity index (χ1v) is 7.21. The van der Waals surface area contributed by atoms with Crippen LogP contribution in [0.25, 0.3) is 0 Å². The maximum Gasteiger partial charge on any atom is 0.0954 e. The molecule has 0 fully saturated rings. The van der Waals surface area contributed by atoms with Gasteiger partial charge in [-0.25, -0.2) is 0 Å². The number of nitrogens with two attached hydrogens (primary N) is 1. The molecule has 3 nitrogen and oxygen atoms in total. The first kappa shape index (κ1) is 14.5. The van der Waals surface area contributed by atoms with Gasteiger partial charge in [-0.3, -0.25) is 4.90 Å². The number of ether oxygens (including phenoxy) is 1. The van der Waals surface area contributed by atoms with Crippen LogP contribution in [-0.4, -0.2) is 37.2 Å². The summed E-state index contributed by atoms with van der Waals surface area (Å²) >= 11 is 0. The molecule has 2 N–H and O–H groups in total. The number of likely N-dealkylation sites (N-methyl/N-ethyl adjacent to an activating group) is 1. The van der Waals surface area contributed by atoms with Crippen molar-refractivity contribution in [3.8, 4) is 0 Å². The van der Waals surface area contributed by atoms with Crippen molar-refractivity contribution in [2.45, 2.75) is 38.3 Å². The largest absolute Gasteiger partial charge is 0.372 e. The average molecular weight is 262 g/mol. The van der Waals surface area contributed by atoms with Crippen molar-refractivity contribution in [2.75, 3.05) is 26.7 Å². The first-order chi connectivity index (χ1) is 9.10. The Bertz CT molecular complexity index is 415. The molecule has 0 amide bonds. The smallest absolute Gasteiger partial charge is 0.0954 e. The maximum atomic E-state index is 5.98. The van der Waals surface area contributed by atoms with Crippen molar-refractivity contribution in [2.24, 2.45) is 5.73 Å². The van der Waals surface area contributed by atoms with E-state index >= 15 is 0 Å². The fourth-order valence-electron chi connectivity index (χ4n) is 2.67. The van der Waals surface area contributed by atoms with Gasteiger partial charge in [0.15, 0.2) is 0 Å². The molecule has 0 aliphatic carbocycles. The van der Waals surface area contributed by atoms with Crippen molar-refractivity contribution in [3.63, 3.8) is 0 Å². The Morgan fingerprint density at radius 2 is 2.16 bits per heavy atom. The minimum atomic E-state index is 0.0513. The Balaban J connectivity index is 2.12. The number of nitrogens with zero attached hydrogens (tertiary/aromatic N) is 1. The van der Waals surface area contributed by atoms with Gasteiger partial charge in [-0.2, -0.15) is 0 Å². The van der Waals surface area contributed by atoms with E-state index in [2.05, 4.69) is 50.1 Å². The number of hydrogen-bond acceptors (Lipinski definition) is 3. The van der Waals surface area contributed by atoms with E-state index in [1.165, 1.54) is 11.1 Å².